The van der Waals surface area contributed by atoms with Crippen LogP contribution in [-0.4, -0.2) is 14.7 Å². The molecule has 1 aromatic heterocycles. The highest BCUT2D eigenvalue weighted by molar-refractivity contribution is 6.30. The van der Waals surface area contributed by atoms with Gasteiger partial charge in [-0.1, -0.05) is 23.7 Å². The zero-order valence-electron chi connectivity index (χ0n) is 8.60. The van der Waals surface area contributed by atoms with Crippen LogP contribution in [0.3, 0.4) is 0 Å². The first-order valence-electron chi connectivity index (χ1n) is 4.76. The number of nitrogens with zero attached hydrogens (tertiary/aromatic N) is 2. The third-order valence-electron chi connectivity index (χ3n) is 2.19. The average molecular weight is 271 g/mol. The van der Waals surface area contributed by atoms with E-state index >= 15 is 0 Å². The van der Waals surface area contributed by atoms with E-state index in [1.807, 2.05) is 12.1 Å². The first kappa shape index (κ1) is 12.0. The maximum Gasteiger partial charge on any atom is 0.316 e. The standard InChI is InChI=1S/C11H8Cl2N2O2/c12-8-3-1-7(2-4-8)5-15-6-9(16)10(17)14-11(15)13/h1-4,6,16H,5H2. The SMILES string of the molecule is O=c1nc(Cl)n(Cc2ccc(Cl)cc2)cc1O. The van der Waals surface area contributed by atoms with Gasteiger partial charge in [0, 0.05) is 11.6 Å². The molecule has 2 aromatic rings. The van der Waals surface area contributed by atoms with E-state index in [1.165, 1.54) is 10.8 Å². The highest BCUT2D eigenvalue weighted by atomic mass is 35.5. The molecule has 6 heteroatoms. The van der Waals surface area contributed by atoms with Crippen molar-refractivity contribution in [1.29, 1.82) is 0 Å². The van der Waals surface area contributed by atoms with E-state index in [0.29, 0.717) is 11.6 Å². The van der Waals surface area contributed by atoms with Crippen molar-refractivity contribution in [3.63, 3.8) is 0 Å². The minimum Gasteiger partial charge on any atom is -0.502 e. The Morgan fingerprint density at radius 3 is 2.53 bits per heavy atom. The molecule has 0 fully saturated rings. The zero-order chi connectivity index (χ0) is 12.4. The molecule has 2 rings (SSSR count). The van der Waals surface area contributed by atoms with Crippen molar-refractivity contribution in [2.45, 2.75) is 6.54 Å². The summed E-state index contributed by atoms with van der Waals surface area (Å²) in [5, 5.41) is 9.94. The predicted octanol–water partition coefficient (Wildman–Crippen LogP) is 2.30. The van der Waals surface area contributed by atoms with E-state index in [2.05, 4.69) is 4.98 Å². The van der Waals surface area contributed by atoms with Crippen LogP contribution in [0, 0.1) is 0 Å². The fourth-order valence-corrected chi connectivity index (χ4v) is 1.67. The van der Waals surface area contributed by atoms with Gasteiger partial charge < -0.3 is 9.67 Å². The normalized spacial score (nSPS) is 10.5. The molecule has 0 aliphatic rings. The van der Waals surface area contributed by atoms with Crippen molar-refractivity contribution < 1.29 is 5.11 Å². The smallest absolute Gasteiger partial charge is 0.316 e. The lowest BCUT2D eigenvalue weighted by atomic mass is 10.2. The minimum absolute atomic E-state index is 0.0303. The van der Waals surface area contributed by atoms with Crippen molar-refractivity contribution in [3.05, 3.63) is 56.7 Å². The number of aromatic nitrogens is 2. The number of aromatic hydroxyl groups is 1. The van der Waals surface area contributed by atoms with E-state index < -0.39 is 11.3 Å². The summed E-state index contributed by atoms with van der Waals surface area (Å²) in [6.07, 6.45) is 1.26. The number of halogens is 2. The monoisotopic (exact) mass is 270 g/mol. The highest BCUT2D eigenvalue weighted by Crippen LogP contribution is 2.13. The molecule has 0 bridgehead atoms. The van der Waals surface area contributed by atoms with Gasteiger partial charge in [0.25, 0.3) is 0 Å². The summed E-state index contributed by atoms with van der Waals surface area (Å²) in [5.74, 6) is -0.427. The summed E-state index contributed by atoms with van der Waals surface area (Å²) in [7, 11) is 0. The third kappa shape index (κ3) is 2.78. The van der Waals surface area contributed by atoms with Crippen molar-refractivity contribution in [1.82, 2.24) is 9.55 Å². The molecule has 0 spiro atoms. The van der Waals surface area contributed by atoms with Crippen molar-refractivity contribution in [2.75, 3.05) is 0 Å². The van der Waals surface area contributed by atoms with Crippen LogP contribution in [0.1, 0.15) is 5.56 Å². The maximum absolute atomic E-state index is 11.0. The number of hydrogen-bond donors (Lipinski definition) is 1. The fourth-order valence-electron chi connectivity index (χ4n) is 1.36. The molecule has 17 heavy (non-hydrogen) atoms. The van der Waals surface area contributed by atoms with Crippen LogP contribution >= 0.6 is 23.2 Å². The van der Waals surface area contributed by atoms with Gasteiger partial charge in [0.2, 0.25) is 5.28 Å². The first-order chi connectivity index (χ1) is 8.06. The summed E-state index contributed by atoms with van der Waals surface area (Å²) >= 11 is 11.6. The first-order valence-corrected chi connectivity index (χ1v) is 5.52. The molecule has 0 saturated heterocycles. The van der Waals surface area contributed by atoms with E-state index in [1.54, 1.807) is 12.1 Å². The molecular formula is C11H8Cl2N2O2. The molecule has 1 N–H and O–H groups in total. The van der Waals surface area contributed by atoms with Crippen LogP contribution in [0.5, 0.6) is 5.75 Å². The summed E-state index contributed by atoms with van der Waals surface area (Å²) in [4.78, 5) is 14.5. The maximum atomic E-state index is 11.0. The molecule has 1 aromatic carbocycles. The minimum atomic E-state index is -0.734. The van der Waals surface area contributed by atoms with E-state index in [0.717, 1.165) is 5.56 Å². The number of hydrogen-bond acceptors (Lipinski definition) is 3. The number of rotatable bonds is 2. The van der Waals surface area contributed by atoms with Crippen LogP contribution in [0.4, 0.5) is 0 Å². The van der Waals surface area contributed by atoms with Crippen LogP contribution in [0.2, 0.25) is 10.3 Å². The Hall–Kier alpha value is -1.52. The summed E-state index contributed by atoms with van der Waals surface area (Å²) in [6, 6.07) is 7.16. The molecule has 0 radical (unpaired) electrons. The predicted molar refractivity (Wildman–Crippen MR) is 65.7 cm³/mol. The molecule has 0 aliphatic carbocycles. The Balaban J connectivity index is 2.33. The summed E-state index contributed by atoms with van der Waals surface area (Å²) in [6.45, 7) is 0.400. The molecule has 0 saturated carbocycles. The Labute approximate surface area is 107 Å². The lowest BCUT2D eigenvalue weighted by Crippen LogP contribution is -2.12. The second-order valence-electron chi connectivity index (χ2n) is 3.45. The van der Waals surface area contributed by atoms with Gasteiger partial charge in [-0.15, -0.1) is 0 Å². The lowest BCUT2D eigenvalue weighted by molar-refractivity contribution is 0.456. The fraction of sp³-hybridized carbons (Fsp3) is 0.0909. The van der Waals surface area contributed by atoms with Gasteiger partial charge in [0.05, 0.1) is 6.20 Å². The van der Waals surface area contributed by atoms with Gasteiger partial charge in [0.15, 0.2) is 5.75 Å². The van der Waals surface area contributed by atoms with E-state index in [9.17, 15) is 9.90 Å². The van der Waals surface area contributed by atoms with E-state index in [-0.39, 0.29) is 5.28 Å². The molecule has 0 unspecified atom stereocenters. The van der Waals surface area contributed by atoms with Gasteiger partial charge in [-0.3, -0.25) is 4.79 Å². The van der Waals surface area contributed by atoms with Crippen molar-refractivity contribution in [3.8, 4) is 5.75 Å². The molecule has 4 nitrogen and oxygen atoms in total. The van der Waals surface area contributed by atoms with Crippen molar-refractivity contribution >= 4 is 23.2 Å². The second kappa shape index (κ2) is 4.77. The van der Waals surface area contributed by atoms with Crippen molar-refractivity contribution in [2.24, 2.45) is 0 Å². The van der Waals surface area contributed by atoms with Gasteiger partial charge in [-0.25, -0.2) is 0 Å². The molecule has 88 valence electrons. The summed E-state index contributed by atoms with van der Waals surface area (Å²) in [5.41, 5.74) is 0.198. The topological polar surface area (TPSA) is 55.1 Å². The van der Waals surface area contributed by atoms with Gasteiger partial charge in [-0.05, 0) is 29.3 Å². The van der Waals surface area contributed by atoms with E-state index in [4.69, 9.17) is 23.2 Å². The largest absolute Gasteiger partial charge is 0.502 e. The Morgan fingerprint density at radius 1 is 1.24 bits per heavy atom. The zero-order valence-corrected chi connectivity index (χ0v) is 10.1. The molecule has 1 heterocycles. The molecular weight excluding hydrogens is 263 g/mol. The van der Waals surface area contributed by atoms with Gasteiger partial charge in [0.1, 0.15) is 0 Å². The van der Waals surface area contributed by atoms with Crippen LogP contribution in [-0.2, 0) is 6.54 Å². The molecule has 0 amide bonds. The third-order valence-corrected chi connectivity index (χ3v) is 2.75. The lowest BCUT2D eigenvalue weighted by Gasteiger charge is -2.08. The molecule has 0 aliphatic heterocycles. The number of benzene rings is 1. The van der Waals surface area contributed by atoms with Crippen LogP contribution in [0.25, 0.3) is 0 Å². The Bertz CT molecular complexity index is 593. The van der Waals surface area contributed by atoms with Gasteiger partial charge >= 0.3 is 5.56 Å². The highest BCUT2D eigenvalue weighted by Gasteiger charge is 2.05. The summed E-state index contributed by atoms with van der Waals surface area (Å²) < 4.78 is 1.47. The molecule has 0 atom stereocenters. The Morgan fingerprint density at radius 2 is 1.88 bits per heavy atom. The average Bonchev–Trinajstić information content (AvgIpc) is 2.29. The van der Waals surface area contributed by atoms with Crippen LogP contribution < -0.4 is 5.56 Å². The van der Waals surface area contributed by atoms with Gasteiger partial charge in [-0.2, -0.15) is 4.98 Å². The quantitative estimate of drug-likeness (QED) is 0.853. The second-order valence-corrected chi connectivity index (χ2v) is 4.23. The Kier molecular flexibility index (Phi) is 3.36. The van der Waals surface area contributed by atoms with Crippen LogP contribution in [0.15, 0.2) is 35.3 Å².